The Hall–Kier alpha value is -4.16. The maximum atomic E-state index is 14.8. The van der Waals surface area contributed by atoms with Gasteiger partial charge < -0.3 is 34.2 Å². The van der Waals surface area contributed by atoms with Gasteiger partial charge >= 0.3 is 0 Å². The first-order chi connectivity index (χ1) is 29.0. The number of nitrogens with zero attached hydrogens (tertiary/aromatic N) is 2. The fourth-order valence-corrected chi connectivity index (χ4v) is 9.78. The topological polar surface area (TPSA) is 110 Å². The molecule has 60 heavy (non-hydrogen) atoms. The highest BCUT2D eigenvalue weighted by Gasteiger charge is 2.66. The van der Waals surface area contributed by atoms with Crippen LogP contribution in [0.3, 0.4) is 0 Å². The molecule has 3 aliphatic carbocycles. The summed E-state index contributed by atoms with van der Waals surface area (Å²) in [6.45, 7) is 10.6. The first-order valence-corrected chi connectivity index (χ1v) is 22.8. The number of halogens is 1. The summed E-state index contributed by atoms with van der Waals surface area (Å²) in [5.74, 6) is -0.263. The number of carbonyl (C=O) groups excluding carboxylic acids is 1. The van der Waals surface area contributed by atoms with Gasteiger partial charge in [0.15, 0.2) is 0 Å². The molecule has 7 rings (SSSR count). The molecule has 0 aromatic heterocycles. The lowest BCUT2D eigenvalue weighted by Crippen LogP contribution is -2.70. The standard InChI is InChI=1S/C49H61FN2O7S/c1-6-27-56-49-44(52(47(55)33-15-16-33)31-32-13-17-35(50)18-14-32)30-42(51-59-48(2,3)4)40-28-34(11-7-9-25-53)39(12-8-10-26-54)45(46(40)49)41-29-37(21-24-43(41)58-49)57-36-19-22-38(60-5)23-20-36/h6,13-14,17-24,28-29,33-34,39,44-46,53-54H,1,7-12,15-16,25-27,30-31H2,2-5H3/t34-,39+,44-,45+,46+,49+/m0/s1. The number of carbonyl (C=O) groups is 1. The lowest BCUT2D eigenvalue weighted by Gasteiger charge is -2.60. The molecular weight excluding hydrogens is 780 g/mol. The number of fused-ring (bicyclic) bond motifs is 2. The van der Waals surface area contributed by atoms with Gasteiger partial charge in [0.1, 0.15) is 34.7 Å². The number of aliphatic hydroxyl groups excluding tert-OH is 2. The van der Waals surface area contributed by atoms with Gasteiger partial charge in [-0.2, -0.15) is 0 Å². The van der Waals surface area contributed by atoms with Crippen LogP contribution in [0.2, 0.25) is 0 Å². The van der Waals surface area contributed by atoms with Gasteiger partial charge in [0, 0.05) is 48.5 Å². The summed E-state index contributed by atoms with van der Waals surface area (Å²) in [4.78, 5) is 24.1. The number of ether oxygens (including phenoxy) is 3. The number of thioether (sulfide) groups is 1. The van der Waals surface area contributed by atoms with E-state index in [4.69, 9.17) is 24.2 Å². The van der Waals surface area contributed by atoms with Crippen LogP contribution in [0, 0.1) is 29.5 Å². The normalized spacial score (nSPS) is 25.1. The molecule has 2 N–H and O–H groups in total. The third-order valence-corrected chi connectivity index (χ3v) is 13.0. The Morgan fingerprint density at radius 1 is 1.00 bits per heavy atom. The molecule has 2 saturated carbocycles. The molecule has 4 aliphatic rings. The molecule has 9 nitrogen and oxygen atoms in total. The van der Waals surface area contributed by atoms with Crippen LogP contribution in [0.15, 0.2) is 101 Å². The van der Waals surface area contributed by atoms with Gasteiger partial charge in [-0.1, -0.05) is 42.3 Å². The summed E-state index contributed by atoms with van der Waals surface area (Å²) in [6, 6.07) is 19.7. The maximum Gasteiger partial charge on any atom is 0.239 e. The minimum atomic E-state index is -1.38. The van der Waals surface area contributed by atoms with E-state index in [1.54, 1.807) is 30.0 Å². The van der Waals surface area contributed by atoms with Crippen molar-refractivity contribution in [3.8, 4) is 17.2 Å². The third kappa shape index (κ3) is 9.80. The van der Waals surface area contributed by atoms with Gasteiger partial charge in [-0.3, -0.25) is 4.79 Å². The van der Waals surface area contributed by atoms with Crippen LogP contribution in [0.1, 0.15) is 95.6 Å². The van der Waals surface area contributed by atoms with E-state index < -0.39 is 23.3 Å². The number of benzene rings is 3. The highest BCUT2D eigenvalue weighted by Crippen LogP contribution is 2.62. The summed E-state index contributed by atoms with van der Waals surface area (Å²) >= 11 is 1.67. The summed E-state index contributed by atoms with van der Waals surface area (Å²) in [5, 5.41) is 24.8. The quantitative estimate of drug-likeness (QED) is 0.0532. The van der Waals surface area contributed by atoms with Gasteiger partial charge in [-0.25, -0.2) is 4.39 Å². The predicted octanol–water partition coefficient (Wildman–Crippen LogP) is 10.2. The highest BCUT2D eigenvalue weighted by molar-refractivity contribution is 7.98. The minimum absolute atomic E-state index is 0.00814. The third-order valence-electron chi connectivity index (χ3n) is 12.2. The average molecular weight is 841 g/mol. The van der Waals surface area contributed by atoms with Gasteiger partial charge in [-0.05, 0) is 143 Å². The maximum absolute atomic E-state index is 14.8. The molecule has 2 fully saturated rings. The SMILES string of the molecule is C=CCO[C@@]12Oc3ccc(Oc4ccc(SC)cc4)cc3[C@H]3[C@H](CCCCO)[C@@H](CCCCO)C=C(C(=NOC(C)(C)C)C[C@@H]1N(Cc1ccc(F)cc1)C(=O)C1CC1)[C@H]32. The molecule has 1 aliphatic heterocycles. The molecule has 322 valence electrons. The first kappa shape index (κ1) is 43.9. The van der Waals surface area contributed by atoms with E-state index in [1.807, 2.05) is 68.3 Å². The Balaban J connectivity index is 1.45. The lowest BCUT2D eigenvalue weighted by atomic mass is 9.55. The van der Waals surface area contributed by atoms with Crippen LogP contribution < -0.4 is 9.47 Å². The predicted molar refractivity (Wildman–Crippen MR) is 234 cm³/mol. The van der Waals surface area contributed by atoms with Crippen LogP contribution in [-0.4, -0.2) is 70.2 Å². The van der Waals surface area contributed by atoms with Gasteiger partial charge in [-0.15, -0.1) is 18.3 Å². The van der Waals surface area contributed by atoms with Crippen molar-refractivity contribution >= 4 is 23.4 Å². The van der Waals surface area contributed by atoms with E-state index in [2.05, 4.69) is 18.7 Å². The van der Waals surface area contributed by atoms with E-state index in [0.29, 0.717) is 30.8 Å². The fraction of sp³-hybridized carbons (Fsp3) is 0.510. The Morgan fingerprint density at radius 3 is 2.35 bits per heavy atom. The number of oxime groups is 1. The van der Waals surface area contributed by atoms with Crippen LogP contribution in [-0.2, 0) is 20.9 Å². The minimum Gasteiger partial charge on any atom is -0.459 e. The fourth-order valence-electron chi connectivity index (χ4n) is 9.38. The van der Waals surface area contributed by atoms with Crippen molar-refractivity contribution in [2.75, 3.05) is 26.1 Å². The van der Waals surface area contributed by atoms with Gasteiger partial charge in [0.05, 0.1) is 18.2 Å². The highest BCUT2D eigenvalue weighted by atomic mass is 32.2. The van der Waals surface area contributed by atoms with Gasteiger partial charge in [0.25, 0.3) is 0 Å². The molecule has 0 bridgehead atoms. The molecule has 3 aromatic carbocycles. The van der Waals surface area contributed by atoms with Crippen LogP contribution in [0.4, 0.5) is 4.39 Å². The van der Waals surface area contributed by atoms with Crippen molar-refractivity contribution in [2.45, 2.75) is 113 Å². The van der Waals surface area contributed by atoms with Crippen molar-refractivity contribution in [2.24, 2.45) is 28.8 Å². The molecule has 0 saturated heterocycles. The Kier molecular flexibility index (Phi) is 14.1. The second kappa shape index (κ2) is 19.3. The number of hydrogen-bond donors (Lipinski definition) is 2. The summed E-state index contributed by atoms with van der Waals surface area (Å²) < 4.78 is 35.3. The Morgan fingerprint density at radius 2 is 1.70 bits per heavy atom. The molecule has 0 spiro atoms. The molecule has 3 aromatic rings. The van der Waals surface area contributed by atoms with Crippen LogP contribution in [0.5, 0.6) is 17.2 Å². The second-order valence-corrected chi connectivity index (χ2v) is 18.5. The van der Waals surface area contributed by atoms with Crippen molar-refractivity contribution in [3.05, 3.63) is 108 Å². The largest absolute Gasteiger partial charge is 0.459 e. The van der Waals surface area contributed by atoms with Crippen molar-refractivity contribution < 1.29 is 38.4 Å². The number of aliphatic hydroxyl groups is 2. The lowest BCUT2D eigenvalue weighted by molar-refractivity contribution is -0.258. The smallest absolute Gasteiger partial charge is 0.239 e. The number of amides is 1. The van der Waals surface area contributed by atoms with Gasteiger partial charge in [0.2, 0.25) is 11.7 Å². The number of allylic oxidation sites excluding steroid dienone is 1. The van der Waals surface area contributed by atoms with Crippen LogP contribution >= 0.6 is 11.8 Å². The number of unbranched alkanes of at least 4 members (excludes halogenated alkanes) is 2. The summed E-state index contributed by atoms with van der Waals surface area (Å²) in [5.41, 5.74) is 2.90. The van der Waals surface area contributed by atoms with Crippen molar-refractivity contribution in [1.29, 1.82) is 0 Å². The Bertz CT molecular complexity index is 2010. The first-order valence-electron chi connectivity index (χ1n) is 21.6. The average Bonchev–Trinajstić information content (AvgIpc) is 4.09. The molecule has 0 unspecified atom stereocenters. The zero-order chi connectivity index (χ0) is 42.4. The van der Waals surface area contributed by atoms with Crippen molar-refractivity contribution in [1.82, 2.24) is 4.90 Å². The number of rotatable bonds is 19. The van der Waals surface area contributed by atoms with E-state index in [0.717, 1.165) is 71.6 Å². The van der Waals surface area contributed by atoms with E-state index in [-0.39, 0.29) is 61.8 Å². The molecule has 11 heteroatoms. The van der Waals surface area contributed by atoms with E-state index in [1.165, 1.54) is 12.1 Å². The Labute approximate surface area is 359 Å². The molecular formula is C49H61FN2O7S. The number of hydrogen-bond acceptors (Lipinski definition) is 9. The monoisotopic (exact) mass is 840 g/mol. The molecule has 6 atom stereocenters. The molecule has 1 amide bonds. The summed E-state index contributed by atoms with van der Waals surface area (Å²) in [6.07, 6.45) is 12.7. The van der Waals surface area contributed by atoms with Crippen LogP contribution in [0.25, 0.3) is 0 Å². The second-order valence-electron chi connectivity index (χ2n) is 17.6. The van der Waals surface area contributed by atoms with E-state index >= 15 is 0 Å². The summed E-state index contributed by atoms with van der Waals surface area (Å²) in [7, 11) is 0. The van der Waals surface area contributed by atoms with Crippen molar-refractivity contribution in [3.63, 3.8) is 0 Å². The zero-order valence-corrected chi connectivity index (χ0v) is 36.3. The van der Waals surface area contributed by atoms with E-state index in [9.17, 15) is 19.4 Å². The molecule has 1 heterocycles. The molecule has 0 radical (unpaired) electrons. The zero-order valence-electron chi connectivity index (χ0n) is 35.5.